The van der Waals surface area contributed by atoms with Crippen LogP contribution in [-0.4, -0.2) is 11.0 Å². The smallest absolute Gasteiger partial charge is 0.416 e. The topological polar surface area (TPSA) is 64.3 Å². The third kappa shape index (κ3) is 3.74. The zero-order chi connectivity index (χ0) is 14.6. The predicted octanol–water partition coefficient (Wildman–Crippen LogP) is 2.98. The normalized spacial score (nSPS) is 11.8. The number of halogens is 3. The van der Waals surface area contributed by atoms with Gasteiger partial charge < -0.3 is 5.11 Å². The third-order valence-electron chi connectivity index (χ3n) is 2.11. The molecule has 0 heterocycles. The van der Waals surface area contributed by atoms with E-state index in [0.29, 0.717) is 4.90 Å². The first-order chi connectivity index (χ1) is 8.75. The SMILES string of the molecule is CC(O)=CC(=O)N(C#N)c1ccc(C(F)(F)F)cc1. The molecule has 100 valence electrons. The number of rotatable bonds is 2. The molecule has 1 rings (SSSR count). The van der Waals surface area contributed by atoms with Gasteiger partial charge in [0.1, 0.15) is 0 Å². The highest BCUT2D eigenvalue weighted by atomic mass is 19.4. The Balaban J connectivity index is 3.06. The number of alkyl halides is 3. The van der Waals surface area contributed by atoms with Gasteiger partial charge in [0.15, 0.2) is 6.19 Å². The van der Waals surface area contributed by atoms with Gasteiger partial charge in [0.25, 0.3) is 5.91 Å². The zero-order valence-corrected chi connectivity index (χ0v) is 9.77. The van der Waals surface area contributed by atoms with Gasteiger partial charge in [0, 0.05) is 6.08 Å². The fourth-order valence-corrected chi connectivity index (χ4v) is 1.28. The van der Waals surface area contributed by atoms with Crippen molar-refractivity contribution in [2.75, 3.05) is 4.90 Å². The Morgan fingerprint density at radius 2 is 1.89 bits per heavy atom. The second-order valence-electron chi connectivity index (χ2n) is 3.60. The maximum atomic E-state index is 12.3. The van der Waals surface area contributed by atoms with E-state index in [2.05, 4.69) is 0 Å². The molecule has 0 atom stereocenters. The van der Waals surface area contributed by atoms with Crippen molar-refractivity contribution in [1.29, 1.82) is 5.26 Å². The number of carbonyl (C=O) groups is 1. The van der Waals surface area contributed by atoms with Crippen LogP contribution < -0.4 is 4.90 Å². The first-order valence-corrected chi connectivity index (χ1v) is 5.04. The largest absolute Gasteiger partial charge is 0.512 e. The first kappa shape index (κ1) is 14.6. The van der Waals surface area contributed by atoms with Crippen molar-refractivity contribution in [2.24, 2.45) is 0 Å². The zero-order valence-electron chi connectivity index (χ0n) is 9.77. The van der Waals surface area contributed by atoms with Gasteiger partial charge in [-0.1, -0.05) is 0 Å². The van der Waals surface area contributed by atoms with E-state index in [1.807, 2.05) is 0 Å². The Bertz CT molecular complexity index is 538. The molecule has 0 radical (unpaired) electrons. The van der Waals surface area contributed by atoms with Crippen LogP contribution in [0.4, 0.5) is 18.9 Å². The van der Waals surface area contributed by atoms with Crippen LogP contribution in [0.5, 0.6) is 0 Å². The molecule has 19 heavy (non-hydrogen) atoms. The monoisotopic (exact) mass is 270 g/mol. The molecule has 0 aromatic heterocycles. The minimum atomic E-state index is -4.48. The number of allylic oxidation sites excluding steroid dienone is 1. The van der Waals surface area contributed by atoms with Gasteiger partial charge in [0.05, 0.1) is 17.0 Å². The molecule has 4 nitrogen and oxygen atoms in total. The van der Waals surface area contributed by atoms with Crippen LogP contribution in [0.2, 0.25) is 0 Å². The van der Waals surface area contributed by atoms with E-state index in [-0.39, 0.29) is 11.4 Å². The van der Waals surface area contributed by atoms with E-state index in [4.69, 9.17) is 10.4 Å². The van der Waals surface area contributed by atoms with Gasteiger partial charge in [-0.3, -0.25) is 4.79 Å². The summed E-state index contributed by atoms with van der Waals surface area (Å²) in [4.78, 5) is 12.1. The van der Waals surface area contributed by atoms with Crippen LogP contribution in [0.1, 0.15) is 12.5 Å². The second kappa shape index (κ2) is 5.44. The van der Waals surface area contributed by atoms with Gasteiger partial charge in [-0.15, -0.1) is 0 Å². The van der Waals surface area contributed by atoms with Crippen LogP contribution in [0, 0.1) is 11.5 Å². The predicted molar refractivity (Wildman–Crippen MR) is 60.9 cm³/mol. The van der Waals surface area contributed by atoms with Gasteiger partial charge in [-0.25, -0.2) is 4.90 Å². The summed E-state index contributed by atoms with van der Waals surface area (Å²) in [7, 11) is 0. The molecular weight excluding hydrogens is 261 g/mol. The third-order valence-corrected chi connectivity index (χ3v) is 2.11. The number of anilines is 1. The Morgan fingerprint density at radius 1 is 1.37 bits per heavy atom. The first-order valence-electron chi connectivity index (χ1n) is 5.04. The Kier molecular flexibility index (Phi) is 4.17. The molecule has 0 aliphatic rings. The summed E-state index contributed by atoms with van der Waals surface area (Å²) < 4.78 is 37.0. The molecule has 0 fully saturated rings. The van der Waals surface area contributed by atoms with E-state index >= 15 is 0 Å². The van der Waals surface area contributed by atoms with Crippen molar-refractivity contribution >= 4 is 11.6 Å². The molecule has 0 saturated carbocycles. The maximum absolute atomic E-state index is 12.3. The average Bonchev–Trinajstić information content (AvgIpc) is 2.28. The van der Waals surface area contributed by atoms with Crippen molar-refractivity contribution < 1.29 is 23.1 Å². The van der Waals surface area contributed by atoms with Crippen molar-refractivity contribution in [3.63, 3.8) is 0 Å². The summed E-state index contributed by atoms with van der Waals surface area (Å²) >= 11 is 0. The number of amides is 1. The van der Waals surface area contributed by atoms with E-state index in [1.54, 1.807) is 0 Å². The molecule has 0 bridgehead atoms. The lowest BCUT2D eigenvalue weighted by Gasteiger charge is -2.13. The minimum Gasteiger partial charge on any atom is -0.512 e. The Labute approximate surface area is 107 Å². The Hall–Kier alpha value is -2.49. The summed E-state index contributed by atoms with van der Waals surface area (Å²) in [5, 5.41) is 17.7. The Morgan fingerprint density at radius 3 is 2.26 bits per heavy atom. The lowest BCUT2D eigenvalue weighted by atomic mass is 10.2. The molecule has 0 unspecified atom stereocenters. The van der Waals surface area contributed by atoms with Crippen LogP contribution >= 0.6 is 0 Å². The molecular formula is C12H9F3N2O2. The maximum Gasteiger partial charge on any atom is 0.416 e. The fourth-order valence-electron chi connectivity index (χ4n) is 1.28. The quantitative estimate of drug-likeness (QED) is 0.389. The average molecular weight is 270 g/mol. The molecule has 0 saturated heterocycles. The van der Waals surface area contributed by atoms with Gasteiger partial charge in [-0.2, -0.15) is 18.4 Å². The van der Waals surface area contributed by atoms with Gasteiger partial charge in [-0.05, 0) is 31.2 Å². The van der Waals surface area contributed by atoms with Crippen LogP contribution in [-0.2, 0) is 11.0 Å². The highest BCUT2D eigenvalue weighted by molar-refractivity contribution is 6.03. The summed E-state index contributed by atoms with van der Waals surface area (Å²) in [6.45, 7) is 1.24. The standard InChI is InChI=1S/C12H9F3N2O2/c1-8(18)6-11(19)17(7-16)10-4-2-9(3-5-10)12(13,14)15/h2-6,18H,1H3. The van der Waals surface area contributed by atoms with E-state index in [1.165, 1.54) is 13.1 Å². The number of hydrogen-bond donors (Lipinski definition) is 1. The van der Waals surface area contributed by atoms with Crippen LogP contribution in [0.25, 0.3) is 0 Å². The van der Waals surface area contributed by atoms with E-state index in [9.17, 15) is 18.0 Å². The van der Waals surface area contributed by atoms with Crippen molar-refractivity contribution in [1.82, 2.24) is 0 Å². The van der Waals surface area contributed by atoms with E-state index in [0.717, 1.165) is 30.3 Å². The van der Waals surface area contributed by atoms with Crippen LogP contribution in [0.15, 0.2) is 36.1 Å². The molecule has 0 aliphatic heterocycles. The lowest BCUT2D eigenvalue weighted by Crippen LogP contribution is -2.23. The van der Waals surface area contributed by atoms with Gasteiger partial charge in [0.2, 0.25) is 0 Å². The van der Waals surface area contributed by atoms with E-state index < -0.39 is 17.6 Å². The number of hydrogen-bond acceptors (Lipinski definition) is 3. The number of aliphatic hydroxyl groups excluding tert-OH is 1. The van der Waals surface area contributed by atoms with Crippen molar-refractivity contribution in [2.45, 2.75) is 13.1 Å². The van der Waals surface area contributed by atoms with Crippen molar-refractivity contribution in [3.8, 4) is 6.19 Å². The highest BCUT2D eigenvalue weighted by Gasteiger charge is 2.30. The molecule has 1 aromatic rings. The summed E-state index contributed by atoms with van der Waals surface area (Å²) in [6.07, 6.45) is -2.16. The summed E-state index contributed by atoms with van der Waals surface area (Å²) in [6, 6.07) is 3.54. The summed E-state index contributed by atoms with van der Waals surface area (Å²) in [5.74, 6) is -1.15. The number of carbonyl (C=O) groups excluding carboxylic acids is 1. The minimum absolute atomic E-state index is 0.0157. The molecule has 0 spiro atoms. The number of aliphatic hydroxyl groups is 1. The molecule has 7 heteroatoms. The molecule has 1 aromatic carbocycles. The van der Waals surface area contributed by atoms with Crippen molar-refractivity contribution in [3.05, 3.63) is 41.7 Å². The van der Waals surface area contributed by atoms with Gasteiger partial charge >= 0.3 is 6.18 Å². The lowest BCUT2D eigenvalue weighted by molar-refractivity contribution is -0.137. The van der Waals surface area contributed by atoms with Crippen LogP contribution in [0.3, 0.4) is 0 Å². The number of benzene rings is 1. The second-order valence-corrected chi connectivity index (χ2v) is 3.60. The molecule has 1 amide bonds. The fraction of sp³-hybridized carbons (Fsp3) is 0.167. The number of nitrogens with zero attached hydrogens (tertiary/aromatic N) is 2. The summed E-state index contributed by atoms with van der Waals surface area (Å²) in [5.41, 5.74) is -0.895. The molecule has 0 aliphatic carbocycles. The number of nitriles is 1. The molecule has 1 N–H and O–H groups in total. The highest BCUT2D eigenvalue weighted by Crippen LogP contribution is 2.30.